The van der Waals surface area contributed by atoms with E-state index in [1.807, 2.05) is 12.1 Å². The molecule has 4 heteroatoms. The average molecular weight is 278 g/mol. The first-order valence-corrected chi connectivity index (χ1v) is 7.31. The van der Waals surface area contributed by atoms with E-state index in [9.17, 15) is 4.79 Å². The van der Waals surface area contributed by atoms with Crippen LogP contribution in [-0.4, -0.2) is 32.1 Å². The molecule has 1 atom stereocenters. The molecule has 0 aliphatic carbocycles. The monoisotopic (exact) mass is 278 g/mol. The number of rotatable bonds is 9. The third-order valence-electron chi connectivity index (χ3n) is 3.08. The Kier molecular flexibility index (Phi) is 7.73. The fourth-order valence-electron chi connectivity index (χ4n) is 1.92. The smallest absolute Gasteiger partial charge is 0.223 e. The lowest BCUT2D eigenvalue weighted by Crippen LogP contribution is -2.28. The summed E-state index contributed by atoms with van der Waals surface area (Å²) in [6.45, 7) is 5.84. The first-order valence-electron chi connectivity index (χ1n) is 7.31. The number of hydrogen-bond acceptors (Lipinski definition) is 3. The number of carbonyl (C=O) groups excluding carboxylic acids is 1. The molecular formula is C16H26N2O2. The van der Waals surface area contributed by atoms with Gasteiger partial charge in [-0.3, -0.25) is 4.79 Å². The second-order valence-electron chi connectivity index (χ2n) is 4.97. The maximum atomic E-state index is 11.1. The van der Waals surface area contributed by atoms with Crippen molar-refractivity contribution in [3.63, 3.8) is 0 Å². The first kappa shape index (κ1) is 16.5. The Morgan fingerprint density at radius 2 is 2.00 bits per heavy atom. The minimum absolute atomic E-state index is 0.00237. The predicted molar refractivity (Wildman–Crippen MR) is 82.1 cm³/mol. The minimum Gasteiger partial charge on any atom is -0.493 e. The van der Waals surface area contributed by atoms with Crippen LogP contribution in [0.2, 0.25) is 0 Å². The zero-order valence-electron chi connectivity index (χ0n) is 12.7. The molecule has 0 spiro atoms. The van der Waals surface area contributed by atoms with E-state index in [1.165, 1.54) is 5.56 Å². The zero-order valence-corrected chi connectivity index (χ0v) is 12.7. The lowest BCUT2D eigenvalue weighted by Gasteiger charge is -2.13. The summed E-state index contributed by atoms with van der Waals surface area (Å²) >= 11 is 0. The van der Waals surface area contributed by atoms with E-state index in [1.54, 1.807) is 7.05 Å². The molecule has 0 aliphatic rings. The zero-order chi connectivity index (χ0) is 14.8. The highest BCUT2D eigenvalue weighted by atomic mass is 16.5. The Balaban J connectivity index is 2.34. The van der Waals surface area contributed by atoms with Crippen molar-refractivity contribution in [3.05, 3.63) is 29.8 Å². The summed E-state index contributed by atoms with van der Waals surface area (Å²) in [4.78, 5) is 11.1. The molecule has 20 heavy (non-hydrogen) atoms. The van der Waals surface area contributed by atoms with Crippen molar-refractivity contribution in [3.8, 4) is 5.75 Å². The number of amides is 1. The van der Waals surface area contributed by atoms with Gasteiger partial charge in [-0.1, -0.05) is 19.1 Å². The molecule has 0 fully saturated rings. The Morgan fingerprint density at radius 1 is 1.30 bits per heavy atom. The van der Waals surface area contributed by atoms with Crippen LogP contribution < -0.4 is 15.4 Å². The van der Waals surface area contributed by atoms with E-state index in [-0.39, 0.29) is 5.91 Å². The molecule has 1 amide bonds. The van der Waals surface area contributed by atoms with Gasteiger partial charge in [0.05, 0.1) is 13.0 Å². The molecule has 1 unspecified atom stereocenters. The molecule has 0 heterocycles. The van der Waals surface area contributed by atoms with Crippen LogP contribution in [0.25, 0.3) is 0 Å². The van der Waals surface area contributed by atoms with Gasteiger partial charge in [-0.2, -0.15) is 0 Å². The van der Waals surface area contributed by atoms with Crippen LogP contribution >= 0.6 is 0 Å². The molecule has 112 valence electrons. The standard InChI is InChI=1S/C16H26N2O2/c1-4-10-18-13(2)12-14-5-7-15(8-6-14)20-11-9-16(19)17-3/h5-8,13,18H,4,9-12H2,1-3H3,(H,17,19). The molecule has 0 bridgehead atoms. The highest BCUT2D eigenvalue weighted by molar-refractivity contribution is 5.75. The van der Waals surface area contributed by atoms with E-state index < -0.39 is 0 Å². The van der Waals surface area contributed by atoms with Crippen molar-refractivity contribution < 1.29 is 9.53 Å². The lowest BCUT2D eigenvalue weighted by atomic mass is 10.1. The molecule has 0 radical (unpaired) electrons. The maximum absolute atomic E-state index is 11.1. The van der Waals surface area contributed by atoms with Crippen molar-refractivity contribution in [1.29, 1.82) is 0 Å². The van der Waals surface area contributed by atoms with Gasteiger partial charge < -0.3 is 15.4 Å². The Hall–Kier alpha value is -1.55. The summed E-state index contributed by atoms with van der Waals surface area (Å²) in [7, 11) is 1.63. The van der Waals surface area contributed by atoms with Gasteiger partial charge in [0, 0.05) is 13.1 Å². The van der Waals surface area contributed by atoms with E-state index in [4.69, 9.17) is 4.74 Å². The van der Waals surface area contributed by atoms with Crippen LogP contribution in [0, 0.1) is 0 Å². The molecule has 0 saturated carbocycles. The number of benzene rings is 1. The molecule has 1 rings (SSSR count). The van der Waals surface area contributed by atoms with Crippen LogP contribution in [0.15, 0.2) is 24.3 Å². The predicted octanol–water partition coefficient (Wildman–Crippen LogP) is 2.13. The van der Waals surface area contributed by atoms with Crippen molar-refractivity contribution >= 4 is 5.91 Å². The van der Waals surface area contributed by atoms with Gasteiger partial charge in [0.2, 0.25) is 5.91 Å². The molecule has 0 saturated heterocycles. The summed E-state index contributed by atoms with van der Waals surface area (Å²) in [5.41, 5.74) is 1.29. The molecule has 2 N–H and O–H groups in total. The number of carbonyl (C=O) groups is 1. The van der Waals surface area contributed by atoms with Gasteiger partial charge in [0.1, 0.15) is 5.75 Å². The van der Waals surface area contributed by atoms with E-state index in [2.05, 4.69) is 36.6 Å². The fraction of sp³-hybridized carbons (Fsp3) is 0.562. The number of hydrogen-bond donors (Lipinski definition) is 2. The van der Waals surface area contributed by atoms with Crippen LogP contribution in [0.4, 0.5) is 0 Å². The van der Waals surface area contributed by atoms with Gasteiger partial charge in [-0.25, -0.2) is 0 Å². The third-order valence-corrected chi connectivity index (χ3v) is 3.08. The van der Waals surface area contributed by atoms with Gasteiger partial charge in [0.25, 0.3) is 0 Å². The second kappa shape index (κ2) is 9.37. The SMILES string of the molecule is CCCNC(C)Cc1ccc(OCCC(=O)NC)cc1. The maximum Gasteiger partial charge on any atom is 0.223 e. The van der Waals surface area contributed by atoms with Crippen molar-refractivity contribution in [1.82, 2.24) is 10.6 Å². The van der Waals surface area contributed by atoms with Crippen LogP contribution in [0.5, 0.6) is 5.75 Å². The number of nitrogens with one attached hydrogen (secondary N) is 2. The van der Waals surface area contributed by atoms with Crippen LogP contribution in [-0.2, 0) is 11.2 Å². The highest BCUT2D eigenvalue weighted by Crippen LogP contribution is 2.13. The van der Waals surface area contributed by atoms with Crippen molar-refractivity contribution in [2.45, 2.75) is 39.2 Å². The van der Waals surface area contributed by atoms with E-state index >= 15 is 0 Å². The average Bonchev–Trinajstić information content (AvgIpc) is 2.46. The first-order chi connectivity index (χ1) is 9.65. The number of ether oxygens (including phenoxy) is 1. The molecule has 0 aliphatic heterocycles. The summed E-state index contributed by atoms with van der Waals surface area (Å²) in [5, 5.41) is 6.05. The molecule has 1 aromatic rings. The quantitative estimate of drug-likeness (QED) is 0.727. The summed E-state index contributed by atoms with van der Waals surface area (Å²) in [6.07, 6.45) is 2.55. The van der Waals surface area contributed by atoms with Crippen LogP contribution in [0.1, 0.15) is 32.3 Å². The summed E-state index contributed by atoms with van der Waals surface area (Å²) in [6, 6.07) is 8.57. The molecule has 1 aromatic carbocycles. The van der Waals surface area contributed by atoms with Gasteiger partial charge >= 0.3 is 0 Å². The minimum atomic E-state index is -0.00237. The largest absolute Gasteiger partial charge is 0.493 e. The van der Waals surface area contributed by atoms with Gasteiger partial charge in [0.15, 0.2) is 0 Å². The highest BCUT2D eigenvalue weighted by Gasteiger charge is 2.03. The molecule has 4 nitrogen and oxygen atoms in total. The summed E-state index contributed by atoms with van der Waals surface area (Å²) < 4.78 is 5.53. The Labute approximate surface area is 121 Å². The topological polar surface area (TPSA) is 50.4 Å². The Morgan fingerprint density at radius 3 is 2.60 bits per heavy atom. The lowest BCUT2D eigenvalue weighted by molar-refractivity contribution is -0.121. The molecular weight excluding hydrogens is 252 g/mol. The van der Waals surface area contributed by atoms with Gasteiger partial charge in [-0.05, 0) is 44.0 Å². The van der Waals surface area contributed by atoms with Crippen molar-refractivity contribution in [2.24, 2.45) is 0 Å². The van der Waals surface area contributed by atoms with Crippen molar-refractivity contribution in [2.75, 3.05) is 20.2 Å². The molecule has 0 aromatic heterocycles. The Bertz CT molecular complexity index is 390. The van der Waals surface area contributed by atoms with E-state index in [0.717, 1.165) is 25.1 Å². The second-order valence-corrected chi connectivity index (χ2v) is 4.97. The normalized spacial score (nSPS) is 11.9. The third kappa shape index (κ3) is 6.57. The summed E-state index contributed by atoms with van der Waals surface area (Å²) in [5.74, 6) is 0.810. The van der Waals surface area contributed by atoms with Crippen LogP contribution in [0.3, 0.4) is 0 Å². The van der Waals surface area contributed by atoms with E-state index in [0.29, 0.717) is 19.1 Å². The van der Waals surface area contributed by atoms with Gasteiger partial charge in [-0.15, -0.1) is 0 Å². The fourth-order valence-corrected chi connectivity index (χ4v) is 1.92.